The maximum atomic E-state index is 13.9. The average molecular weight is 611 g/mol. The normalized spacial score (nSPS) is 27.2. The third kappa shape index (κ3) is 5.13. The lowest BCUT2D eigenvalue weighted by Gasteiger charge is -2.60. The van der Waals surface area contributed by atoms with Crippen LogP contribution in [-0.4, -0.2) is 64.6 Å². The van der Waals surface area contributed by atoms with E-state index >= 15 is 0 Å². The van der Waals surface area contributed by atoms with Crippen LogP contribution in [0.5, 0.6) is 11.5 Å². The van der Waals surface area contributed by atoms with Crippen LogP contribution in [0.4, 0.5) is 0 Å². The molecule has 45 heavy (non-hydrogen) atoms. The Bertz CT molecular complexity index is 1580. The Kier molecular flexibility index (Phi) is 7.72. The van der Waals surface area contributed by atoms with Crippen LogP contribution in [0.2, 0.25) is 0 Å². The molecule has 2 aliphatic carbocycles. The summed E-state index contributed by atoms with van der Waals surface area (Å²) < 4.78 is 17.9. The third-order valence-corrected chi connectivity index (χ3v) is 10.5. The van der Waals surface area contributed by atoms with Gasteiger partial charge in [-0.3, -0.25) is 14.5 Å². The lowest BCUT2D eigenvalue weighted by atomic mass is 9.51. The van der Waals surface area contributed by atoms with Crippen LogP contribution >= 0.6 is 0 Å². The number of phenols is 1. The van der Waals surface area contributed by atoms with Crippen LogP contribution in [0.15, 0.2) is 71.6 Å². The molecule has 1 saturated heterocycles. The largest absolute Gasteiger partial charge is 0.504 e. The molecular formula is C37H42N2O6. The van der Waals surface area contributed by atoms with E-state index in [0.29, 0.717) is 18.8 Å². The monoisotopic (exact) mass is 610 g/mol. The number of likely N-dealkylation sites (tertiary alicyclic amines) is 1. The highest BCUT2D eigenvalue weighted by Crippen LogP contribution is 2.64. The summed E-state index contributed by atoms with van der Waals surface area (Å²) in [5.74, 6) is 1.02. The average Bonchev–Trinajstić information content (AvgIpc) is 3.67. The van der Waals surface area contributed by atoms with Gasteiger partial charge in [-0.05, 0) is 73.4 Å². The Labute approximate surface area is 264 Å². The van der Waals surface area contributed by atoms with E-state index in [4.69, 9.17) is 13.9 Å². The fraction of sp³-hybridized carbons (Fsp3) is 0.459. The molecule has 236 valence electrons. The van der Waals surface area contributed by atoms with Gasteiger partial charge in [-0.1, -0.05) is 50.2 Å². The number of phenolic OH excluding ortho intramolecular Hbond substituents is 1. The van der Waals surface area contributed by atoms with Crippen molar-refractivity contribution in [2.75, 3.05) is 19.6 Å². The molecule has 8 heteroatoms. The smallest absolute Gasteiger partial charge is 0.303 e. The van der Waals surface area contributed by atoms with Gasteiger partial charge in [0.15, 0.2) is 11.5 Å². The summed E-state index contributed by atoms with van der Waals surface area (Å²) in [7, 11) is 0. The Morgan fingerprint density at radius 1 is 1.16 bits per heavy atom. The molecule has 1 saturated carbocycles. The fourth-order valence-electron chi connectivity index (χ4n) is 8.85. The number of hydrogen-bond acceptors (Lipinski definition) is 7. The van der Waals surface area contributed by atoms with Gasteiger partial charge in [-0.2, -0.15) is 0 Å². The van der Waals surface area contributed by atoms with Gasteiger partial charge < -0.3 is 23.9 Å². The molecule has 1 amide bonds. The maximum absolute atomic E-state index is 13.9. The first-order valence-electron chi connectivity index (χ1n) is 16.3. The first-order valence-corrected chi connectivity index (χ1v) is 16.3. The number of piperidine rings is 1. The van der Waals surface area contributed by atoms with Crippen molar-refractivity contribution < 1.29 is 28.6 Å². The summed E-state index contributed by atoms with van der Waals surface area (Å²) in [4.78, 5) is 30.6. The Balaban J connectivity index is 1.24. The number of hydrogen-bond donors (Lipinski definition) is 1. The zero-order valence-corrected chi connectivity index (χ0v) is 26.2. The third-order valence-electron chi connectivity index (χ3n) is 10.5. The van der Waals surface area contributed by atoms with Crippen molar-refractivity contribution in [1.82, 2.24) is 9.80 Å². The van der Waals surface area contributed by atoms with Crippen LogP contribution in [0.1, 0.15) is 68.4 Å². The van der Waals surface area contributed by atoms with Gasteiger partial charge in [0.05, 0.1) is 18.6 Å². The van der Waals surface area contributed by atoms with Gasteiger partial charge in [0, 0.05) is 48.7 Å². The summed E-state index contributed by atoms with van der Waals surface area (Å²) in [5, 5.41) is 11.1. The number of ether oxygens (including phenoxy) is 2. The predicted molar refractivity (Wildman–Crippen MR) is 170 cm³/mol. The molecule has 2 aliphatic heterocycles. The van der Waals surface area contributed by atoms with E-state index in [1.54, 1.807) is 30.7 Å². The Morgan fingerprint density at radius 3 is 2.71 bits per heavy atom. The fourth-order valence-corrected chi connectivity index (χ4v) is 8.85. The topological polar surface area (TPSA) is 92.5 Å². The maximum Gasteiger partial charge on any atom is 0.303 e. The molecule has 2 aromatic carbocycles. The van der Waals surface area contributed by atoms with Crippen LogP contribution < -0.4 is 4.74 Å². The first kappa shape index (κ1) is 29.7. The highest BCUT2D eigenvalue weighted by molar-refractivity contribution is 5.92. The minimum atomic E-state index is -0.359. The molecule has 1 aromatic heterocycles. The van der Waals surface area contributed by atoms with Crippen molar-refractivity contribution >= 4 is 18.0 Å². The molecule has 8 nitrogen and oxygen atoms in total. The van der Waals surface area contributed by atoms with Crippen LogP contribution in [0.3, 0.4) is 0 Å². The summed E-state index contributed by atoms with van der Waals surface area (Å²) in [6, 6.07) is 15.7. The number of benzene rings is 2. The number of furan rings is 1. The van der Waals surface area contributed by atoms with Crippen LogP contribution in [-0.2, 0) is 26.2 Å². The number of aromatic hydroxyl groups is 1. The van der Waals surface area contributed by atoms with Crippen LogP contribution in [0.25, 0.3) is 6.08 Å². The molecule has 2 fully saturated rings. The van der Waals surface area contributed by atoms with Gasteiger partial charge >= 0.3 is 5.97 Å². The number of carbonyl (C=O) groups excluding carboxylic acids is 2. The molecule has 3 aromatic rings. The van der Waals surface area contributed by atoms with Crippen molar-refractivity contribution in [3.8, 4) is 11.5 Å². The molecule has 2 bridgehead atoms. The SMILES string of the molecule is CC(=O)OC(CN1CC[C@]23c4c5ccc(O)c4O[C@H]2[C@H](N(CC(C)C)C(=O)C=Cc2ccoc2)CC[C@H]3[C@H]1C5)c1ccccc1. The lowest BCUT2D eigenvalue weighted by Crippen LogP contribution is -2.69. The molecule has 1 spiro atoms. The van der Waals surface area contributed by atoms with E-state index in [1.165, 1.54) is 12.5 Å². The van der Waals surface area contributed by atoms with Gasteiger partial charge in [0.1, 0.15) is 12.2 Å². The second kappa shape index (κ2) is 11.7. The van der Waals surface area contributed by atoms with Crippen molar-refractivity contribution in [3.63, 3.8) is 0 Å². The van der Waals surface area contributed by atoms with Crippen LogP contribution in [0, 0.1) is 11.8 Å². The van der Waals surface area contributed by atoms with E-state index in [2.05, 4.69) is 24.8 Å². The van der Waals surface area contributed by atoms with E-state index in [0.717, 1.165) is 48.9 Å². The van der Waals surface area contributed by atoms with E-state index < -0.39 is 0 Å². The molecule has 4 aliphatic rings. The molecule has 6 atom stereocenters. The molecule has 7 rings (SSSR count). The quantitative estimate of drug-likeness (QED) is 0.238. The second-order valence-corrected chi connectivity index (χ2v) is 13.6. The van der Waals surface area contributed by atoms with Gasteiger partial charge in [-0.15, -0.1) is 0 Å². The molecule has 3 heterocycles. The van der Waals surface area contributed by atoms with Gasteiger partial charge in [-0.25, -0.2) is 0 Å². The zero-order valence-electron chi connectivity index (χ0n) is 26.2. The summed E-state index contributed by atoms with van der Waals surface area (Å²) >= 11 is 0. The summed E-state index contributed by atoms with van der Waals surface area (Å²) in [6.07, 6.45) is 9.51. The second-order valence-electron chi connectivity index (χ2n) is 13.6. The zero-order chi connectivity index (χ0) is 31.3. The van der Waals surface area contributed by atoms with Gasteiger partial charge in [0.25, 0.3) is 0 Å². The number of rotatable bonds is 9. The number of nitrogens with zero attached hydrogens (tertiary/aromatic N) is 2. The number of amides is 1. The van der Waals surface area contributed by atoms with E-state index in [-0.39, 0.29) is 59.2 Å². The molecule has 0 radical (unpaired) electrons. The van der Waals surface area contributed by atoms with Crippen molar-refractivity contribution in [2.24, 2.45) is 11.8 Å². The number of esters is 1. The van der Waals surface area contributed by atoms with Crippen molar-refractivity contribution in [3.05, 3.63) is 89.4 Å². The summed E-state index contributed by atoms with van der Waals surface area (Å²) in [6.45, 7) is 7.80. The van der Waals surface area contributed by atoms with Crippen molar-refractivity contribution in [1.29, 1.82) is 0 Å². The van der Waals surface area contributed by atoms with E-state index in [1.807, 2.05) is 41.3 Å². The Hall–Kier alpha value is -4.04. The molecular weight excluding hydrogens is 568 g/mol. The standard InChI is InChI=1S/C37H42N2O6/c1-23(2)20-39(33(42)14-9-25-15-18-43-22-25)29-12-11-28-30-19-27-10-13-31(41)35-34(27)37(28,36(29)45-35)16-17-38(30)21-32(44-24(3)40)26-7-5-4-6-8-26/h4-10,13-15,18,22-23,28-30,32,36,41H,11-12,16-17,19-21H2,1-3H3/t28-,29+,30+,32?,36-,37-/m0/s1. The first-order chi connectivity index (χ1) is 21.8. The lowest BCUT2D eigenvalue weighted by molar-refractivity contribution is -0.151. The highest BCUT2D eigenvalue weighted by atomic mass is 16.5. The number of carbonyl (C=O) groups is 2. The molecule has 1 unspecified atom stereocenters. The predicted octanol–water partition coefficient (Wildman–Crippen LogP) is 5.90. The highest BCUT2D eigenvalue weighted by Gasteiger charge is 2.66. The molecule has 1 N–H and O–H groups in total. The minimum Gasteiger partial charge on any atom is -0.504 e. The minimum absolute atomic E-state index is 0.0365. The van der Waals surface area contributed by atoms with Crippen molar-refractivity contribution in [2.45, 2.75) is 76.2 Å². The summed E-state index contributed by atoms with van der Waals surface area (Å²) in [5.41, 5.74) is 3.90. The van der Waals surface area contributed by atoms with E-state index in [9.17, 15) is 14.7 Å². The van der Waals surface area contributed by atoms with Gasteiger partial charge in [0.2, 0.25) is 5.91 Å². The Morgan fingerprint density at radius 2 is 1.98 bits per heavy atom.